The second kappa shape index (κ2) is 4.66. The minimum Gasteiger partial charge on any atom is -0.396 e. The van der Waals surface area contributed by atoms with Crippen LogP contribution in [0.1, 0.15) is 18.4 Å². The Morgan fingerprint density at radius 3 is 2.50 bits per heavy atom. The van der Waals surface area contributed by atoms with E-state index in [2.05, 4.69) is 4.98 Å². The second-order valence-corrected chi connectivity index (χ2v) is 4.67. The lowest BCUT2D eigenvalue weighted by molar-refractivity contribution is -0.179. The monoisotopic (exact) mass is 259 g/mol. The third-order valence-corrected chi connectivity index (χ3v) is 3.44. The molecule has 0 spiro atoms. The molecule has 2 N–H and O–H groups in total. The van der Waals surface area contributed by atoms with Gasteiger partial charge in [-0.2, -0.15) is 13.2 Å². The highest BCUT2D eigenvalue weighted by molar-refractivity contribution is 5.66. The molecule has 1 aromatic rings. The molecule has 0 radical (unpaired) electrons. The standard InChI is InChI=1S/C12H16F3N3/c1-8-2-5-17-11(10(8)16)18-6-3-9(4-7-18)12(13,14)15/h2,5,9H,3-4,6-7,16H2,1H3. The van der Waals surface area contributed by atoms with Gasteiger partial charge in [-0.15, -0.1) is 0 Å². The lowest BCUT2D eigenvalue weighted by Crippen LogP contribution is -2.39. The minimum absolute atomic E-state index is 0.110. The summed E-state index contributed by atoms with van der Waals surface area (Å²) in [7, 11) is 0. The molecular weight excluding hydrogens is 243 g/mol. The Kier molecular flexibility index (Phi) is 3.36. The van der Waals surface area contributed by atoms with Crippen molar-refractivity contribution < 1.29 is 13.2 Å². The number of aromatic nitrogens is 1. The van der Waals surface area contributed by atoms with E-state index in [1.165, 1.54) is 0 Å². The highest BCUT2D eigenvalue weighted by Gasteiger charge is 2.41. The molecular formula is C12H16F3N3. The second-order valence-electron chi connectivity index (χ2n) is 4.67. The van der Waals surface area contributed by atoms with E-state index in [0.29, 0.717) is 24.6 Å². The van der Waals surface area contributed by atoms with Crippen molar-refractivity contribution in [3.8, 4) is 0 Å². The summed E-state index contributed by atoms with van der Waals surface area (Å²) in [5, 5.41) is 0. The van der Waals surface area contributed by atoms with Gasteiger partial charge in [0.1, 0.15) is 0 Å². The number of alkyl halides is 3. The summed E-state index contributed by atoms with van der Waals surface area (Å²) < 4.78 is 37.7. The van der Waals surface area contributed by atoms with Gasteiger partial charge in [0, 0.05) is 19.3 Å². The fourth-order valence-corrected chi connectivity index (χ4v) is 2.23. The molecule has 0 unspecified atom stereocenters. The zero-order valence-electron chi connectivity index (χ0n) is 10.2. The number of aryl methyl sites for hydroxylation is 1. The number of nitrogens with zero attached hydrogens (tertiary/aromatic N) is 2. The van der Waals surface area contributed by atoms with Crippen molar-refractivity contribution in [1.29, 1.82) is 0 Å². The van der Waals surface area contributed by atoms with Crippen molar-refractivity contribution in [2.75, 3.05) is 23.7 Å². The third kappa shape index (κ3) is 2.52. The molecule has 1 aliphatic rings. The predicted octanol–water partition coefficient (Wildman–Crippen LogP) is 2.75. The molecule has 18 heavy (non-hydrogen) atoms. The minimum atomic E-state index is -4.09. The van der Waals surface area contributed by atoms with E-state index < -0.39 is 12.1 Å². The van der Waals surface area contributed by atoms with Crippen molar-refractivity contribution in [2.24, 2.45) is 5.92 Å². The van der Waals surface area contributed by atoms with E-state index in [0.717, 1.165) is 5.56 Å². The summed E-state index contributed by atoms with van der Waals surface area (Å²) in [5.74, 6) is -0.588. The van der Waals surface area contributed by atoms with Crippen molar-refractivity contribution in [2.45, 2.75) is 25.9 Å². The Morgan fingerprint density at radius 2 is 1.94 bits per heavy atom. The van der Waals surface area contributed by atoms with Crippen molar-refractivity contribution in [3.05, 3.63) is 17.8 Å². The first-order chi connectivity index (χ1) is 8.39. The Hall–Kier alpha value is -1.46. The van der Waals surface area contributed by atoms with Crippen LogP contribution in [0.4, 0.5) is 24.7 Å². The SMILES string of the molecule is Cc1ccnc(N2CCC(C(F)(F)F)CC2)c1N. The van der Waals surface area contributed by atoms with E-state index in [1.54, 1.807) is 12.3 Å². The van der Waals surface area contributed by atoms with Crippen LogP contribution < -0.4 is 10.6 Å². The molecule has 3 nitrogen and oxygen atoms in total. The van der Waals surface area contributed by atoms with Crippen LogP contribution in [0.25, 0.3) is 0 Å². The first-order valence-electron chi connectivity index (χ1n) is 5.92. The van der Waals surface area contributed by atoms with Gasteiger partial charge < -0.3 is 10.6 Å². The fraction of sp³-hybridized carbons (Fsp3) is 0.583. The molecule has 1 saturated heterocycles. The van der Waals surface area contributed by atoms with Crippen LogP contribution in [0.2, 0.25) is 0 Å². The predicted molar refractivity (Wildman–Crippen MR) is 64.4 cm³/mol. The van der Waals surface area contributed by atoms with Gasteiger partial charge in [0.2, 0.25) is 0 Å². The molecule has 1 fully saturated rings. The van der Waals surface area contributed by atoms with Crippen LogP contribution in [-0.2, 0) is 0 Å². The van der Waals surface area contributed by atoms with Gasteiger partial charge in [-0.05, 0) is 31.4 Å². The number of nitrogen functional groups attached to an aromatic ring is 1. The van der Waals surface area contributed by atoms with Gasteiger partial charge in [-0.3, -0.25) is 0 Å². The summed E-state index contributed by atoms with van der Waals surface area (Å²) in [6, 6.07) is 1.79. The number of pyridine rings is 1. The number of hydrogen-bond acceptors (Lipinski definition) is 3. The van der Waals surface area contributed by atoms with E-state index in [-0.39, 0.29) is 12.8 Å². The van der Waals surface area contributed by atoms with Crippen molar-refractivity contribution in [1.82, 2.24) is 4.98 Å². The molecule has 0 atom stereocenters. The fourth-order valence-electron chi connectivity index (χ4n) is 2.23. The van der Waals surface area contributed by atoms with E-state index in [9.17, 15) is 13.2 Å². The highest BCUT2D eigenvalue weighted by Crippen LogP contribution is 2.36. The topological polar surface area (TPSA) is 42.2 Å². The van der Waals surface area contributed by atoms with Crippen LogP contribution in [0.15, 0.2) is 12.3 Å². The van der Waals surface area contributed by atoms with E-state index in [4.69, 9.17) is 5.73 Å². The van der Waals surface area contributed by atoms with Crippen LogP contribution in [-0.4, -0.2) is 24.2 Å². The average Bonchev–Trinajstić information content (AvgIpc) is 2.32. The number of nitrogens with two attached hydrogens (primary N) is 1. The Morgan fingerprint density at radius 1 is 1.33 bits per heavy atom. The number of halogens is 3. The van der Waals surface area contributed by atoms with Gasteiger partial charge in [0.15, 0.2) is 5.82 Å². The molecule has 2 rings (SSSR count). The smallest absolute Gasteiger partial charge is 0.391 e. The Labute approximate surface area is 104 Å². The van der Waals surface area contributed by atoms with Gasteiger partial charge in [0.05, 0.1) is 11.6 Å². The van der Waals surface area contributed by atoms with Crippen molar-refractivity contribution >= 4 is 11.5 Å². The van der Waals surface area contributed by atoms with Crippen molar-refractivity contribution in [3.63, 3.8) is 0 Å². The highest BCUT2D eigenvalue weighted by atomic mass is 19.4. The van der Waals surface area contributed by atoms with E-state index in [1.807, 2.05) is 11.8 Å². The number of rotatable bonds is 1. The summed E-state index contributed by atoms with van der Waals surface area (Å²) in [4.78, 5) is 6.01. The maximum Gasteiger partial charge on any atom is 0.391 e. The summed E-state index contributed by atoms with van der Waals surface area (Å²) in [6.07, 6.45) is -2.23. The molecule has 100 valence electrons. The molecule has 1 aromatic heterocycles. The molecule has 1 aliphatic heterocycles. The average molecular weight is 259 g/mol. The van der Waals surface area contributed by atoms with Gasteiger partial charge in [-0.1, -0.05) is 0 Å². The summed E-state index contributed by atoms with van der Waals surface area (Å²) in [5.41, 5.74) is 7.37. The summed E-state index contributed by atoms with van der Waals surface area (Å²) in [6.45, 7) is 2.57. The molecule has 0 aliphatic carbocycles. The molecule has 6 heteroatoms. The van der Waals surface area contributed by atoms with Gasteiger partial charge in [-0.25, -0.2) is 4.98 Å². The van der Waals surface area contributed by atoms with Gasteiger partial charge in [0.25, 0.3) is 0 Å². The molecule has 0 saturated carbocycles. The molecule has 0 aromatic carbocycles. The van der Waals surface area contributed by atoms with E-state index >= 15 is 0 Å². The third-order valence-electron chi connectivity index (χ3n) is 3.44. The number of piperidine rings is 1. The lowest BCUT2D eigenvalue weighted by atomic mass is 9.96. The number of anilines is 2. The lowest BCUT2D eigenvalue weighted by Gasteiger charge is -2.34. The van der Waals surface area contributed by atoms with Crippen LogP contribution in [0.3, 0.4) is 0 Å². The first-order valence-corrected chi connectivity index (χ1v) is 5.92. The quantitative estimate of drug-likeness (QED) is 0.843. The zero-order chi connectivity index (χ0) is 13.3. The molecule has 0 amide bonds. The Balaban J connectivity index is 2.08. The largest absolute Gasteiger partial charge is 0.396 e. The van der Waals surface area contributed by atoms with Crippen LogP contribution >= 0.6 is 0 Å². The number of hydrogen-bond donors (Lipinski definition) is 1. The summed E-state index contributed by atoms with van der Waals surface area (Å²) >= 11 is 0. The first kappa shape index (κ1) is 13.0. The van der Waals surface area contributed by atoms with Gasteiger partial charge >= 0.3 is 6.18 Å². The molecule has 2 heterocycles. The maximum atomic E-state index is 12.6. The Bertz CT molecular complexity index is 423. The van der Waals surface area contributed by atoms with Crippen LogP contribution in [0, 0.1) is 12.8 Å². The zero-order valence-corrected chi connectivity index (χ0v) is 10.2. The maximum absolute atomic E-state index is 12.6. The van der Waals surface area contributed by atoms with Crippen LogP contribution in [0.5, 0.6) is 0 Å². The normalized spacial score (nSPS) is 18.1. The molecule has 0 bridgehead atoms.